The van der Waals surface area contributed by atoms with E-state index in [4.69, 9.17) is 16.6 Å². The van der Waals surface area contributed by atoms with Crippen molar-refractivity contribution in [3.8, 4) is 11.5 Å². The number of nitrogens with one attached hydrogen (secondary N) is 1. The first-order valence-corrected chi connectivity index (χ1v) is 12.9. The summed E-state index contributed by atoms with van der Waals surface area (Å²) in [4.78, 5) is 27.1. The Labute approximate surface area is 227 Å². The van der Waals surface area contributed by atoms with Crippen molar-refractivity contribution in [3.05, 3.63) is 107 Å². The van der Waals surface area contributed by atoms with Crippen LogP contribution in [-0.4, -0.2) is 37.8 Å². The fourth-order valence-corrected chi connectivity index (χ4v) is 5.05. The number of nitrogens with zero attached hydrogens (tertiary/aromatic N) is 3. The van der Waals surface area contributed by atoms with Gasteiger partial charge in [-0.3, -0.25) is 14.5 Å². The quantitative estimate of drug-likeness (QED) is 0.225. The van der Waals surface area contributed by atoms with E-state index in [1.165, 1.54) is 28.8 Å². The minimum Gasteiger partial charge on any atom is -0.420 e. The summed E-state index contributed by atoms with van der Waals surface area (Å²) in [5, 5.41) is 11.1. The highest BCUT2D eigenvalue weighted by molar-refractivity contribution is 8.26. The SMILES string of the molecule is O=C(CCN1C(=O)/C(=C/c2ccc(F)cc2)SC1=S)Nc1ccc(Cc2nnc(-c3ccccc3)o2)cc1. The van der Waals surface area contributed by atoms with Gasteiger partial charge in [0.2, 0.25) is 17.7 Å². The summed E-state index contributed by atoms with van der Waals surface area (Å²) in [5.41, 5.74) is 3.15. The normalized spacial score (nSPS) is 14.3. The van der Waals surface area contributed by atoms with Crippen molar-refractivity contribution in [2.24, 2.45) is 0 Å². The van der Waals surface area contributed by atoms with Crippen molar-refractivity contribution in [2.75, 3.05) is 11.9 Å². The first kappa shape index (κ1) is 25.5. The standard InChI is InChI=1S/C28H21FN4O3S2/c29-21-10-6-18(7-11-21)16-23-27(35)33(28(37)38-23)15-14-24(34)30-22-12-8-19(9-13-22)17-25-31-32-26(36-25)20-4-2-1-3-5-20/h1-13,16H,14-15,17H2,(H,30,34)/b23-16-. The molecule has 2 heterocycles. The molecule has 0 aliphatic carbocycles. The molecule has 1 fully saturated rings. The van der Waals surface area contributed by atoms with Crippen LogP contribution in [0.5, 0.6) is 0 Å². The molecule has 5 rings (SSSR count). The van der Waals surface area contributed by atoms with E-state index in [0.29, 0.717) is 38.7 Å². The smallest absolute Gasteiger partial charge is 0.266 e. The first-order valence-electron chi connectivity index (χ1n) is 11.7. The summed E-state index contributed by atoms with van der Waals surface area (Å²) in [5.74, 6) is 0.116. The number of carbonyl (C=O) groups is 2. The molecule has 1 aromatic heterocycles. The van der Waals surface area contributed by atoms with E-state index in [9.17, 15) is 14.0 Å². The fraction of sp³-hybridized carbons (Fsp3) is 0.107. The predicted octanol–water partition coefficient (Wildman–Crippen LogP) is 5.70. The zero-order valence-corrected chi connectivity index (χ0v) is 21.6. The largest absolute Gasteiger partial charge is 0.420 e. The van der Waals surface area contributed by atoms with Crippen molar-refractivity contribution in [3.63, 3.8) is 0 Å². The average Bonchev–Trinajstić information content (AvgIpc) is 3.49. The van der Waals surface area contributed by atoms with Crippen LogP contribution in [0.2, 0.25) is 0 Å². The summed E-state index contributed by atoms with van der Waals surface area (Å²) < 4.78 is 19.3. The maximum atomic E-state index is 13.1. The number of rotatable bonds is 8. The molecule has 0 atom stereocenters. The molecule has 0 bridgehead atoms. The third kappa shape index (κ3) is 6.21. The lowest BCUT2D eigenvalue weighted by Gasteiger charge is -2.14. The van der Waals surface area contributed by atoms with Crippen LogP contribution >= 0.6 is 24.0 Å². The van der Waals surface area contributed by atoms with Gasteiger partial charge in [0.25, 0.3) is 5.91 Å². The highest BCUT2D eigenvalue weighted by Crippen LogP contribution is 2.32. The van der Waals surface area contributed by atoms with Crippen LogP contribution in [0.15, 0.2) is 88.2 Å². The Morgan fingerprint density at radius 2 is 1.76 bits per heavy atom. The van der Waals surface area contributed by atoms with Gasteiger partial charge < -0.3 is 9.73 Å². The molecule has 0 radical (unpaired) electrons. The third-order valence-electron chi connectivity index (χ3n) is 5.68. The number of halogens is 1. The number of thiocarbonyl (C=S) groups is 1. The number of thioether (sulfide) groups is 1. The predicted molar refractivity (Wildman–Crippen MR) is 149 cm³/mol. The van der Waals surface area contributed by atoms with Gasteiger partial charge in [-0.25, -0.2) is 4.39 Å². The molecule has 4 aromatic rings. The van der Waals surface area contributed by atoms with Crippen LogP contribution in [0.4, 0.5) is 10.1 Å². The number of aromatic nitrogens is 2. The summed E-state index contributed by atoms with van der Waals surface area (Å²) in [6, 6.07) is 22.7. The zero-order valence-electron chi connectivity index (χ0n) is 20.0. The molecule has 1 N–H and O–H groups in total. The monoisotopic (exact) mass is 544 g/mol. The topological polar surface area (TPSA) is 88.3 Å². The highest BCUT2D eigenvalue weighted by atomic mass is 32.2. The van der Waals surface area contributed by atoms with Gasteiger partial charge >= 0.3 is 0 Å². The Morgan fingerprint density at radius 3 is 2.50 bits per heavy atom. The lowest BCUT2D eigenvalue weighted by Crippen LogP contribution is -2.31. The highest BCUT2D eigenvalue weighted by Gasteiger charge is 2.32. The molecular formula is C28H21FN4O3S2. The van der Waals surface area contributed by atoms with E-state index in [2.05, 4.69) is 15.5 Å². The van der Waals surface area contributed by atoms with Gasteiger partial charge in [0.15, 0.2) is 0 Å². The maximum Gasteiger partial charge on any atom is 0.266 e. The Hall–Kier alpha value is -4.15. The molecule has 0 saturated carbocycles. The number of carbonyl (C=O) groups excluding carboxylic acids is 2. The molecule has 3 aromatic carbocycles. The van der Waals surface area contributed by atoms with Gasteiger partial charge in [-0.1, -0.05) is 66.4 Å². The first-order chi connectivity index (χ1) is 18.4. The fourth-order valence-electron chi connectivity index (χ4n) is 3.74. The van der Waals surface area contributed by atoms with Gasteiger partial charge in [-0.15, -0.1) is 10.2 Å². The molecule has 1 aliphatic heterocycles. The third-order valence-corrected chi connectivity index (χ3v) is 7.06. The summed E-state index contributed by atoms with van der Waals surface area (Å²) in [6.07, 6.45) is 2.22. The minimum atomic E-state index is -0.348. The van der Waals surface area contributed by atoms with E-state index >= 15 is 0 Å². The van der Waals surface area contributed by atoms with Crippen LogP contribution in [0.3, 0.4) is 0 Å². The van der Waals surface area contributed by atoms with E-state index in [0.717, 1.165) is 11.1 Å². The van der Waals surface area contributed by atoms with E-state index in [1.54, 1.807) is 30.3 Å². The number of benzene rings is 3. The molecule has 10 heteroatoms. The second kappa shape index (κ2) is 11.5. The molecule has 1 saturated heterocycles. The Morgan fingerprint density at radius 1 is 1.03 bits per heavy atom. The number of anilines is 1. The molecular weight excluding hydrogens is 523 g/mol. The van der Waals surface area contributed by atoms with Gasteiger partial charge in [-0.05, 0) is 53.6 Å². The summed E-state index contributed by atoms with van der Waals surface area (Å²) in [6.45, 7) is 0.163. The van der Waals surface area contributed by atoms with Gasteiger partial charge in [0.1, 0.15) is 10.1 Å². The molecule has 2 amide bonds. The van der Waals surface area contributed by atoms with Crippen molar-refractivity contribution in [2.45, 2.75) is 12.8 Å². The number of amides is 2. The van der Waals surface area contributed by atoms with Gasteiger partial charge in [-0.2, -0.15) is 0 Å². The van der Waals surface area contributed by atoms with Crippen LogP contribution in [0, 0.1) is 5.82 Å². The van der Waals surface area contributed by atoms with Crippen molar-refractivity contribution in [1.82, 2.24) is 15.1 Å². The number of hydrogen-bond donors (Lipinski definition) is 1. The molecule has 38 heavy (non-hydrogen) atoms. The molecule has 0 spiro atoms. The summed E-state index contributed by atoms with van der Waals surface area (Å²) in [7, 11) is 0. The van der Waals surface area contributed by atoms with Crippen molar-refractivity contribution >= 4 is 51.9 Å². The Bertz CT molecular complexity index is 1500. The van der Waals surface area contributed by atoms with Gasteiger partial charge in [0, 0.05) is 24.2 Å². The molecule has 7 nitrogen and oxygen atoms in total. The van der Waals surface area contributed by atoms with Gasteiger partial charge in [0.05, 0.1) is 11.3 Å². The Balaban J connectivity index is 1.12. The number of hydrogen-bond acceptors (Lipinski definition) is 7. The molecule has 190 valence electrons. The maximum absolute atomic E-state index is 13.1. The Kier molecular flexibility index (Phi) is 7.71. The molecule has 0 unspecified atom stereocenters. The van der Waals surface area contributed by atoms with Crippen LogP contribution in [0.25, 0.3) is 17.5 Å². The van der Waals surface area contributed by atoms with E-state index < -0.39 is 0 Å². The van der Waals surface area contributed by atoms with Crippen LogP contribution in [-0.2, 0) is 16.0 Å². The molecule has 1 aliphatic rings. The lowest BCUT2D eigenvalue weighted by molar-refractivity contribution is -0.122. The summed E-state index contributed by atoms with van der Waals surface area (Å²) >= 11 is 6.49. The zero-order chi connectivity index (χ0) is 26.5. The van der Waals surface area contributed by atoms with Crippen molar-refractivity contribution in [1.29, 1.82) is 0 Å². The van der Waals surface area contributed by atoms with Crippen molar-refractivity contribution < 1.29 is 18.4 Å². The minimum absolute atomic E-state index is 0.0856. The van der Waals surface area contributed by atoms with Crippen LogP contribution in [0.1, 0.15) is 23.4 Å². The second-order valence-corrected chi connectivity index (χ2v) is 10.1. The average molecular weight is 545 g/mol. The van der Waals surface area contributed by atoms with E-state index in [1.807, 2.05) is 42.5 Å². The van der Waals surface area contributed by atoms with Crippen LogP contribution < -0.4 is 5.32 Å². The lowest BCUT2D eigenvalue weighted by atomic mass is 10.1. The van der Waals surface area contributed by atoms with E-state index in [-0.39, 0.29) is 30.6 Å². The second-order valence-electron chi connectivity index (χ2n) is 8.42.